The number of hydrogen-bond donors (Lipinski definition) is 2. The van der Waals surface area contributed by atoms with Crippen molar-refractivity contribution in [1.29, 1.82) is 0 Å². The average molecular weight is 452 g/mol. The van der Waals surface area contributed by atoms with Gasteiger partial charge in [0.15, 0.2) is 0 Å². The lowest BCUT2D eigenvalue weighted by molar-refractivity contribution is 0.323. The smallest absolute Gasteiger partial charge is 0.225 e. The molecule has 0 saturated heterocycles. The molecule has 0 amide bonds. The summed E-state index contributed by atoms with van der Waals surface area (Å²) < 4.78 is 5.44. The van der Waals surface area contributed by atoms with Gasteiger partial charge in [0.2, 0.25) is 5.95 Å². The molecular weight excluding hydrogens is 410 g/mol. The van der Waals surface area contributed by atoms with Crippen molar-refractivity contribution in [2.24, 2.45) is 5.92 Å². The molecule has 0 unspecified atom stereocenters. The second-order valence-corrected chi connectivity index (χ2v) is 10.1. The molecule has 0 aliphatic heterocycles. The molecule has 1 aromatic carbocycles. The third-order valence-electron chi connectivity index (χ3n) is 7.37. The van der Waals surface area contributed by atoms with Gasteiger partial charge in [0.25, 0.3) is 0 Å². The van der Waals surface area contributed by atoms with Crippen LogP contribution in [0.25, 0.3) is 0 Å². The Morgan fingerprint density at radius 2 is 1.76 bits per heavy atom. The molecule has 1 aromatic heterocycles. The van der Waals surface area contributed by atoms with Crippen LogP contribution in [0.1, 0.15) is 66.5 Å². The van der Waals surface area contributed by atoms with E-state index in [2.05, 4.69) is 55.6 Å². The van der Waals surface area contributed by atoms with E-state index in [1.165, 1.54) is 66.5 Å². The summed E-state index contributed by atoms with van der Waals surface area (Å²) in [6, 6.07) is 4.88. The predicted molar refractivity (Wildman–Crippen MR) is 137 cm³/mol. The summed E-state index contributed by atoms with van der Waals surface area (Å²) in [7, 11) is 5.92. The topological polar surface area (TPSA) is 62.3 Å². The van der Waals surface area contributed by atoms with E-state index in [-0.39, 0.29) is 0 Å². The molecule has 1 saturated carbocycles. The first-order valence-electron chi connectivity index (χ1n) is 12.6. The fraction of sp³-hybridized carbons (Fsp3) is 0.630. The number of methoxy groups -OCH3 is 1. The number of aryl methyl sites for hydroxylation is 3. The number of hydrogen-bond acceptors (Lipinski definition) is 6. The third-order valence-corrected chi connectivity index (χ3v) is 7.37. The Morgan fingerprint density at radius 1 is 1.00 bits per heavy atom. The molecule has 0 atom stereocenters. The highest BCUT2D eigenvalue weighted by Crippen LogP contribution is 2.30. The molecule has 2 aromatic rings. The van der Waals surface area contributed by atoms with E-state index >= 15 is 0 Å². The first kappa shape index (κ1) is 23.8. The van der Waals surface area contributed by atoms with Gasteiger partial charge in [-0.3, -0.25) is 0 Å². The Morgan fingerprint density at radius 3 is 2.48 bits per heavy atom. The van der Waals surface area contributed by atoms with Gasteiger partial charge in [-0.15, -0.1) is 0 Å². The number of rotatable bonds is 8. The van der Waals surface area contributed by atoms with Gasteiger partial charge in [0, 0.05) is 32.2 Å². The van der Waals surface area contributed by atoms with Crippen LogP contribution >= 0.6 is 0 Å². The van der Waals surface area contributed by atoms with Crippen molar-refractivity contribution in [3.05, 3.63) is 40.1 Å². The van der Waals surface area contributed by atoms with E-state index in [1.807, 2.05) is 0 Å². The Bertz CT molecular complexity index is 950. The molecular formula is C27H41N5O. The molecule has 2 aliphatic rings. The number of nitrogens with zero attached hydrogens (tertiary/aromatic N) is 3. The number of ether oxygens (including phenoxy) is 1. The van der Waals surface area contributed by atoms with Crippen LogP contribution in [0.2, 0.25) is 0 Å². The number of fused-ring (bicyclic) bond motifs is 1. The van der Waals surface area contributed by atoms with Crippen LogP contribution in [0, 0.1) is 19.8 Å². The maximum Gasteiger partial charge on any atom is 0.225 e. The molecule has 180 valence electrons. The molecule has 0 spiro atoms. The van der Waals surface area contributed by atoms with Crippen LogP contribution in [0.3, 0.4) is 0 Å². The monoisotopic (exact) mass is 451 g/mol. The number of anilines is 2. The van der Waals surface area contributed by atoms with Crippen LogP contribution in [-0.4, -0.2) is 43.8 Å². The Balaban J connectivity index is 1.27. The molecule has 2 N–H and O–H groups in total. The van der Waals surface area contributed by atoms with E-state index in [1.54, 1.807) is 7.11 Å². The minimum Gasteiger partial charge on any atom is -0.496 e. The first-order chi connectivity index (χ1) is 15.9. The van der Waals surface area contributed by atoms with E-state index in [0.29, 0.717) is 6.04 Å². The lowest BCUT2D eigenvalue weighted by Crippen LogP contribution is -2.32. The largest absolute Gasteiger partial charge is 0.496 e. The predicted octanol–water partition coefficient (Wildman–Crippen LogP) is 4.81. The van der Waals surface area contributed by atoms with Gasteiger partial charge in [-0.05, 0) is 100 Å². The third kappa shape index (κ3) is 5.78. The number of aromatic nitrogens is 2. The van der Waals surface area contributed by atoms with Crippen molar-refractivity contribution >= 4 is 11.8 Å². The Labute approximate surface area is 199 Å². The van der Waals surface area contributed by atoms with Gasteiger partial charge in [-0.1, -0.05) is 6.07 Å². The van der Waals surface area contributed by atoms with E-state index in [0.717, 1.165) is 49.4 Å². The van der Waals surface area contributed by atoms with Crippen LogP contribution in [0.4, 0.5) is 11.8 Å². The zero-order valence-electron chi connectivity index (χ0n) is 21.1. The summed E-state index contributed by atoms with van der Waals surface area (Å²) in [5, 5.41) is 7.38. The molecule has 1 heterocycles. The minimum atomic E-state index is 0.476. The van der Waals surface area contributed by atoms with Crippen molar-refractivity contribution in [3.8, 4) is 5.75 Å². The summed E-state index contributed by atoms with van der Waals surface area (Å²) in [6.45, 7) is 6.28. The standard InChI is InChI=1S/C27H41N5O/c1-18-15-25(33-5)19(2)14-21(18)17-28-16-20-10-12-22(13-11-20)29-27-30-24-9-7-6-8-23(24)26(31-27)32(3)4/h14-15,20,22,28H,6-13,16-17H2,1-5H3,(H,29,30,31)/t20-,22+. The summed E-state index contributed by atoms with van der Waals surface area (Å²) in [5.74, 6) is 3.64. The van der Waals surface area contributed by atoms with Crippen molar-refractivity contribution in [3.63, 3.8) is 0 Å². The minimum absolute atomic E-state index is 0.476. The van der Waals surface area contributed by atoms with Gasteiger partial charge >= 0.3 is 0 Å². The molecule has 33 heavy (non-hydrogen) atoms. The van der Waals surface area contributed by atoms with Crippen LogP contribution in [0.5, 0.6) is 5.75 Å². The van der Waals surface area contributed by atoms with Crippen LogP contribution in [-0.2, 0) is 19.4 Å². The van der Waals surface area contributed by atoms with Crippen LogP contribution in [0.15, 0.2) is 12.1 Å². The quantitative estimate of drug-likeness (QED) is 0.601. The van der Waals surface area contributed by atoms with Crippen LogP contribution < -0.4 is 20.3 Å². The molecule has 6 heteroatoms. The first-order valence-corrected chi connectivity index (χ1v) is 12.6. The molecule has 1 fully saturated rings. The second kappa shape index (κ2) is 10.7. The lowest BCUT2D eigenvalue weighted by atomic mass is 9.86. The zero-order valence-corrected chi connectivity index (χ0v) is 21.1. The summed E-state index contributed by atoms with van der Waals surface area (Å²) in [6.07, 6.45) is 9.54. The Hall–Kier alpha value is -2.34. The maximum atomic E-state index is 5.44. The van der Waals surface area contributed by atoms with E-state index < -0.39 is 0 Å². The number of nitrogens with one attached hydrogen (secondary N) is 2. The molecule has 0 radical (unpaired) electrons. The van der Waals surface area contributed by atoms with Gasteiger partial charge in [-0.25, -0.2) is 4.98 Å². The maximum absolute atomic E-state index is 5.44. The average Bonchev–Trinajstić information content (AvgIpc) is 2.81. The highest BCUT2D eigenvalue weighted by Gasteiger charge is 2.24. The summed E-state index contributed by atoms with van der Waals surface area (Å²) in [4.78, 5) is 11.9. The molecule has 6 nitrogen and oxygen atoms in total. The normalized spacial score (nSPS) is 20.3. The van der Waals surface area contributed by atoms with Gasteiger partial charge in [0.05, 0.1) is 12.8 Å². The summed E-state index contributed by atoms with van der Waals surface area (Å²) in [5.41, 5.74) is 6.47. The molecule has 2 aliphatic carbocycles. The highest BCUT2D eigenvalue weighted by molar-refractivity contribution is 5.53. The van der Waals surface area contributed by atoms with E-state index in [9.17, 15) is 0 Å². The van der Waals surface area contributed by atoms with Gasteiger partial charge in [0.1, 0.15) is 11.6 Å². The van der Waals surface area contributed by atoms with Crippen molar-refractivity contribution in [1.82, 2.24) is 15.3 Å². The number of benzene rings is 1. The zero-order chi connectivity index (χ0) is 23.4. The van der Waals surface area contributed by atoms with E-state index in [4.69, 9.17) is 14.7 Å². The molecule has 4 rings (SSSR count). The SMILES string of the molecule is COc1cc(C)c(CNC[C@H]2CC[C@@H](Nc3nc4c(c(N(C)C)n3)CCCC4)CC2)cc1C. The highest BCUT2D eigenvalue weighted by atomic mass is 16.5. The second-order valence-electron chi connectivity index (χ2n) is 10.1. The van der Waals surface area contributed by atoms with Crippen molar-refractivity contribution in [2.45, 2.75) is 77.8 Å². The van der Waals surface area contributed by atoms with Crippen molar-refractivity contribution < 1.29 is 4.74 Å². The van der Waals surface area contributed by atoms with Gasteiger partial charge < -0.3 is 20.3 Å². The summed E-state index contributed by atoms with van der Waals surface area (Å²) >= 11 is 0. The molecule has 0 bridgehead atoms. The van der Waals surface area contributed by atoms with Gasteiger partial charge in [-0.2, -0.15) is 4.98 Å². The Kier molecular flexibility index (Phi) is 7.74. The lowest BCUT2D eigenvalue weighted by Gasteiger charge is -2.30. The van der Waals surface area contributed by atoms with Crippen molar-refractivity contribution in [2.75, 3.05) is 38.0 Å². The fourth-order valence-corrected chi connectivity index (χ4v) is 5.37. The fourth-order valence-electron chi connectivity index (χ4n) is 5.37.